The summed E-state index contributed by atoms with van der Waals surface area (Å²) in [6.45, 7) is -0.101. The molecule has 0 saturated carbocycles. The number of aromatic nitrogens is 5. The summed E-state index contributed by atoms with van der Waals surface area (Å²) in [6.07, 6.45) is 0. The Hall–Kier alpha value is -3.61. The normalized spacial score (nSPS) is 10.9. The van der Waals surface area contributed by atoms with E-state index in [-0.39, 0.29) is 17.8 Å². The topological polar surface area (TPSA) is 82.7 Å². The molecule has 2 heterocycles. The van der Waals surface area contributed by atoms with Gasteiger partial charge in [0.25, 0.3) is 11.1 Å². The molecule has 25 heavy (non-hydrogen) atoms. The monoisotopic (exact) mass is 331 g/mol. The maximum Gasteiger partial charge on any atom is 0.279 e. The van der Waals surface area contributed by atoms with E-state index in [0.717, 1.165) is 10.2 Å². The largest absolute Gasteiger partial charge is 0.279 e. The first-order valence-corrected chi connectivity index (χ1v) is 7.68. The van der Waals surface area contributed by atoms with E-state index < -0.39 is 0 Å². The Labute approximate surface area is 141 Å². The molecule has 4 rings (SSSR count). The smallest absolute Gasteiger partial charge is 0.268 e. The Morgan fingerprint density at radius 1 is 0.800 bits per heavy atom. The first-order valence-electron chi connectivity index (χ1n) is 7.68. The average molecular weight is 331 g/mol. The van der Waals surface area contributed by atoms with Gasteiger partial charge >= 0.3 is 0 Å². The predicted octanol–water partition coefficient (Wildman–Crippen LogP) is 1.52. The minimum absolute atomic E-state index is 0.101. The van der Waals surface area contributed by atoms with Crippen LogP contribution in [0.3, 0.4) is 0 Å². The number of benzene rings is 2. The Morgan fingerprint density at radius 2 is 1.56 bits per heavy atom. The van der Waals surface area contributed by atoms with Gasteiger partial charge in [-0.15, -0.1) is 5.10 Å². The zero-order valence-electron chi connectivity index (χ0n) is 13.1. The van der Waals surface area contributed by atoms with Gasteiger partial charge in [0.1, 0.15) is 12.2 Å². The van der Waals surface area contributed by atoms with Crippen molar-refractivity contribution in [2.75, 3.05) is 0 Å². The van der Waals surface area contributed by atoms with Gasteiger partial charge in [-0.05, 0) is 18.2 Å². The van der Waals surface area contributed by atoms with Crippen LogP contribution in [0.1, 0.15) is 0 Å². The van der Waals surface area contributed by atoms with Gasteiger partial charge < -0.3 is 0 Å². The van der Waals surface area contributed by atoms with Gasteiger partial charge in [-0.3, -0.25) is 9.59 Å². The lowest BCUT2D eigenvalue weighted by atomic mass is 10.1. The van der Waals surface area contributed by atoms with E-state index in [4.69, 9.17) is 0 Å². The van der Waals surface area contributed by atoms with Crippen LogP contribution in [0.15, 0.2) is 76.3 Å². The van der Waals surface area contributed by atoms with E-state index in [2.05, 4.69) is 15.4 Å². The molecule has 0 radical (unpaired) electrons. The standard InChI is InChI=1S/C18H13N5O2/c24-17-11-10-15(13-6-2-1-3-7-13)20-22(17)12-23-18(25)14-8-4-5-9-16(14)19-21-23/h1-11H,12H2. The maximum atomic E-state index is 12.5. The summed E-state index contributed by atoms with van der Waals surface area (Å²) in [5.41, 5.74) is 1.41. The molecule has 4 aromatic rings. The minimum Gasteiger partial charge on any atom is -0.268 e. The van der Waals surface area contributed by atoms with Crippen molar-refractivity contribution in [3.63, 3.8) is 0 Å². The van der Waals surface area contributed by atoms with Crippen molar-refractivity contribution >= 4 is 10.9 Å². The summed E-state index contributed by atoms with van der Waals surface area (Å²) in [5, 5.41) is 12.7. The molecule has 0 N–H and O–H groups in total. The van der Waals surface area contributed by atoms with Crippen LogP contribution in [0.2, 0.25) is 0 Å². The highest BCUT2D eigenvalue weighted by atomic mass is 16.1. The van der Waals surface area contributed by atoms with Crippen LogP contribution in [0, 0.1) is 0 Å². The fourth-order valence-corrected chi connectivity index (χ4v) is 2.56. The van der Waals surface area contributed by atoms with Crippen LogP contribution in [0.4, 0.5) is 0 Å². The quantitative estimate of drug-likeness (QED) is 0.568. The van der Waals surface area contributed by atoms with E-state index in [1.807, 2.05) is 30.3 Å². The lowest BCUT2D eigenvalue weighted by Gasteiger charge is -2.08. The van der Waals surface area contributed by atoms with E-state index >= 15 is 0 Å². The van der Waals surface area contributed by atoms with Crippen molar-refractivity contribution < 1.29 is 0 Å². The highest BCUT2D eigenvalue weighted by Gasteiger charge is 2.08. The van der Waals surface area contributed by atoms with Crippen LogP contribution >= 0.6 is 0 Å². The second kappa shape index (κ2) is 6.12. The summed E-state index contributed by atoms with van der Waals surface area (Å²) in [7, 11) is 0. The molecule has 0 spiro atoms. The molecule has 0 aliphatic heterocycles. The first kappa shape index (κ1) is 14.9. The molecule has 122 valence electrons. The van der Waals surface area contributed by atoms with Crippen LogP contribution in [0.25, 0.3) is 22.2 Å². The molecule has 0 atom stereocenters. The molecule has 0 aliphatic carbocycles. The lowest BCUT2D eigenvalue weighted by Crippen LogP contribution is -2.33. The minimum atomic E-state index is -0.318. The summed E-state index contributed by atoms with van der Waals surface area (Å²) < 4.78 is 2.33. The van der Waals surface area contributed by atoms with Gasteiger partial charge in [0, 0.05) is 11.6 Å². The fourth-order valence-electron chi connectivity index (χ4n) is 2.56. The SMILES string of the molecule is O=c1ccc(-c2ccccc2)nn1Cn1nnc2ccccc2c1=O. The second-order valence-electron chi connectivity index (χ2n) is 5.48. The van der Waals surface area contributed by atoms with E-state index in [9.17, 15) is 9.59 Å². The highest BCUT2D eigenvalue weighted by molar-refractivity contribution is 5.76. The number of rotatable bonds is 3. The molecule has 0 aliphatic rings. The van der Waals surface area contributed by atoms with Crippen LogP contribution in [0.5, 0.6) is 0 Å². The average Bonchev–Trinajstić information content (AvgIpc) is 2.66. The molecule has 7 nitrogen and oxygen atoms in total. The second-order valence-corrected chi connectivity index (χ2v) is 5.48. The Balaban J connectivity index is 1.78. The molecular weight excluding hydrogens is 318 g/mol. The van der Waals surface area contributed by atoms with Crippen molar-refractivity contribution in [3.05, 3.63) is 87.4 Å². The van der Waals surface area contributed by atoms with Crippen LogP contribution < -0.4 is 11.1 Å². The summed E-state index contributed by atoms with van der Waals surface area (Å²) in [5.74, 6) is 0. The predicted molar refractivity (Wildman–Crippen MR) is 93.1 cm³/mol. The summed E-state index contributed by atoms with van der Waals surface area (Å²) in [4.78, 5) is 24.6. The lowest BCUT2D eigenvalue weighted by molar-refractivity contribution is 0.450. The highest BCUT2D eigenvalue weighted by Crippen LogP contribution is 2.13. The van der Waals surface area contributed by atoms with Gasteiger partial charge in [-0.1, -0.05) is 47.7 Å². The molecule has 0 bridgehead atoms. The van der Waals surface area contributed by atoms with Crippen LogP contribution in [-0.4, -0.2) is 24.8 Å². The molecule has 0 amide bonds. The zero-order chi connectivity index (χ0) is 17.2. The van der Waals surface area contributed by atoms with Crippen molar-refractivity contribution in [3.8, 4) is 11.3 Å². The summed E-state index contributed by atoms with van der Waals surface area (Å²) >= 11 is 0. The van der Waals surface area contributed by atoms with Gasteiger partial charge in [-0.25, -0.2) is 4.68 Å². The third kappa shape index (κ3) is 2.83. The van der Waals surface area contributed by atoms with Gasteiger partial charge in [-0.2, -0.15) is 9.78 Å². The van der Waals surface area contributed by atoms with Crippen molar-refractivity contribution in [2.45, 2.75) is 6.67 Å². The molecule has 0 fully saturated rings. The van der Waals surface area contributed by atoms with Crippen molar-refractivity contribution in [2.24, 2.45) is 0 Å². The maximum absolute atomic E-state index is 12.5. The third-order valence-corrected chi connectivity index (χ3v) is 3.83. The third-order valence-electron chi connectivity index (χ3n) is 3.83. The molecule has 2 aromatic heterocycles. The molecule has 0 unspecified atom stereocenters. The van der Waals surface area contributed by atoms with E-state index in [1.165, 1.54) is 10.7 Å². The van der Waals surface area contributed by atoms with E-state index in [1.54, 1.807) is 30.3 Å². The summed E-state index contributed by atoms with van der Waals surface area (Å²) in [6, 6.07) is 19.5. The van der Waals surface area contributed by atoms with Gasteiger partial charge in [0.2, 0.25) is 0 Å². The number of fused-ring (bicyclic) bond motifs is 1. The van der Waals surface area contributed by atoms with Gasteiger partial charge in [0.05, 0.1) is 11.1 Å². The van der Waals surface area contributed by atoms with Gasteiger partial charge in [0.15, 0.2) is 0 Å². The molecule has 0 saturated heterocycles. The van der Waals surface area contributed by atoms with Crippen molar-refractivity contribution in [1.29, 1.82) is 0 Å². The van der Waals surface area contributed by atoms with Crippen LogP contribution in [-0.2, 0) is 6.67 Å². The van der Waals surface area contributed by atoms with Crippen molar-refractivity contribution in [1.82, 2.24) is 24.8 Å². The Kier molecular flexibility index (Phi) is 3.66. The number of hydrogen-bond acceptors (Lipinski definition) is 5. The molecule has 7 heteroatoms. The Bertz CT molecular complexity index is 1170. The molecule has 2 aromatic carbocycles. The zero-order valence-corrected chi connectivity index (χ0v) is 13.1. The number of hydrogen-bond donors (Lipinski definition) is 0. The fraction of sp³-hybridized carbons (Fsp3) is 0.0556. The molecular formula is C18H13N5O2. The first-order chi connectivity index (χ1) is 12.2. The Morgan fingerprint density at radius 3 is 2.40 bits per heavy atom. The van der Waals surface area contributed by atoms with E-state index in [0.29, 0.717) is 16.6 Å². The number of nitrogens with zero attached hydrogens (tertiary/aromatic N) is 5.